The van der Waals surface area contributed by atoms with Gasteiger partial charge in [-0.15, -0.1) is 11.3 Å². The van der Waals surface area contributed by atoms with Crippen molar-refractivity contribution < 1.29 is 9.59 Å². The predicted molar refractivity (Wildman–Crippen MR) is 103 cm³/mol. The SMILES string of the molecule is Cc1csc(C2(NC(=O)c3ccc4c(c3)CCC(=O)N4C)CCCC2)n1. The molecule has 5 nitrogen and oxygen atoms in total. The number of benzene rings is 1. The molecule has 4 rings (SSSR count). The number of carbonyl (C=O) groups is 2. The lowest BCUT2D eigenvalue weighted by atomic mass is 9.96. The third-order valence-electron chi connectivity index (χ3n) is 5.52. The number of anilines is 1. The normalized spacial score (nSPS) is 18.7. The van der Waals surface area contributed by atoms with Crippen LogP contribution in [0.3, 0.4) is 0 Å². The molecule has 1 aromatic carbocycles. The molecule has 0 unspecified atom stereocenters. The molecule has 1 N–H and O–H groups in total. The molecule has 1 aliphatic heterocycles. The summed E-state index contributed by atoms with van der Waals surface area (Å²) in [6.07, 6.45) is 5.28. The minimum Gasteiger partial charge on any atom is -0.340 e. The molecule has 1 aliphatic carbocycles. The first-order valence-electron chi connectivity index (χ1n) is 9.13. The van der Waals surface area contributed by atoms with E-state index in [-0.39, 0.29) is 17.4 Å². The maximum atomic E-state index is 13.0. The minimum absolute atomic E-state index is 0.0536. The summed E-state index contributed by atoms with van der Waals surface area (Å²) in [7, 11) is 1.79. The first-order chi connectivity index (χ1) is 12.5. The van der Waals surface area contributed by atoms with Crippen LogP contribution in [0.1, 0.15) is 58.7 Å². The lowest BCUT2D eigenvalue weighted by molar-refractivity contribution is -0.118. The Morgan fingerprint density at radius 3 is 2.73 bits per heavy atom. The number of nitrogens with zero attached hydrogens (tertiary/aromatic N) is 2. The number of aromatic nitrogens is 1. The standard InChI is InChI=1S/C20H23N3O2S/c1-13-12-26-19(21-13)20(9-3-4-10-20)22-18(25)15-5-7-16-14(11-15)6-8-17(24)23(16)2/h5,7,11-12H,3-4,6,8-10H2,1-2H3,(H,22,25). The van der Waals surface area contributed by atoms with E-state index in [0.717, 1.165) is 47.6 Å². The Hall–Kier alpha value is -2.21. The molecule has 0 atom stereocenters. The van der Waals surface area contributed by atoms with Crippen LogP contribution in [-0.2, 0) is 16.8 Å². The van der Waals surface area contributed by atoms with Crippen LogP contribution >= 0.6 is 11.3 Å². The molecule has 2 aromatic rings. The van der Waals surface area contributed by atoms with Crippen LogP contribution in [0.4, 0.5) is 5.69 Å². The maximum absolute atomic E-state index is 13.0. The Balaban J connectivity index is 1.60. The zero-order chi connectivity index (χ0) is 18.3. The zero-order valence-electron chi connectivity index (χ0n) is 15.2. The van der Waals surface area contributed by atoms with Crippen molar-refractivity contribution in [2.75, 3.05) is 11.9 Å². The molecule has 2 heterocycles. The van der Waals surface area contributed by atoms with Gasteiger partial charge in [0.05, 0.1) is 5.54 Å². The monoisotopic (exact) mass is 369 g/mol. The van der Waals surface area contributed by atoms with E-state index >= 15 is 0 Å². The van der Waals surface area contributed by atoms with E-state index in [1.54, 1.807) is 23.3 Å². The number of nitrogens with one attached hydrogen (secondary N) is 1. The van der Waals surface area contributed by atoms with Crippen molar-refractivity contribution in [1.29, 1.82) is 0 Å². The van der Waals surface area contributed by atoms with Gasteiger partial charge in [0, 0.05) is 35.8 Å². The van der Waals surface area contributed by atoms with E-state index in [1.807, 2.05) is 30.5 Å². The summed E-state index contributed by atoms with van der Waals surface area (Å²) in [6.45, 7) is 1.99. The van der Waals surface area contributed by atoms with Crippen LogP contribution in [0.25, 0.3) is 0 Å². The van der Waals surface area contributed by atoms with Gasteiger partial charge in [0.25, 0.3) is 5.91 Å². The van der Waals surface area contributed by atoms with Crippen molar-refractivity contribution in [3.05, 3.63) is 45.4 Å². The van der Waals surface area contributed by atoms with Crippen molar-refractivity contribution in [3.63, 3.8) is 0 Å². The van der Waals surface area contributed by atoms with Gasteiger partial charge in [-0.2, -0.15) is 0 Å². The molecule has 2 aliphatic rings. The van der Waals surface area contributed by atoms with Crippen LogP contribution < -0.4 is 10.2 Å². The number of rotatable bonds is 3. The Kier molecular flexibility index (Phi) is 4.31. The molecule has 1 fully saturated rings. The number of hydrogen-bond donors (Lipinski definition) is 1. The minimum atomic E-state index is -0.335. The van der Waals surface area contributed by atoms with Crippen molar-refractivity contribution in [2.24, 2.45) is 0 Å². The Labute approximate surface area is 157 Å². The fraction of sp³-hybridized carbons (Fsp3) is 0.450. The second-order valence-corrected chi connectivity index (χ2v) is 8.19. The molecule has 1 aromatic heterocycles. The highest BCUT2D eigenvalue weighted by Gasteiger charge is 2.39. The van der Waals surface area contributed by atoms with Gasteiger partial charge in [-0.05, 0) is 49.9 Å². The highest BCUT2D eigenvalue weighted by atomic mass is 32.1. The van der Waals surface area contributed by atoms with Crippen molar-refractivity contribution in [1.82, 2.24) is 10.3 Å². The first-order valence-corrected chi connectivity index (χ1v) is 10.0. The summed E-state index contributed by atoms with van der Waals surface area (Å²) < 4.78 is 0. The predicted octanol–water partition coefficient (Wildman–Crippen LogP) is 3.56. The average molecular weight is 369 g/mol. The highest BCUT2D eigenvalue weighted by molar-refractivity contribution is 7.09. The molecule has 0 saturated heterocycles. The fourth-order valence-electron chi connectivity index (χ4n) is 4.03. The van der Waals surface area contributed by atoms with Crippen LogP contribution in [0.5, 0.6) is 0 Å². The molecule has 0 radical (unpaired) electrons. The number of amides is 2. The molecule has 0 bridgehead atoms. The second-order valence-electron chi connectivity index (χ2n) is 7.33. The Morgan fingerprint density at radius 2 is 2.04 bits per heavy atom. The summed E-state index contributed by atoms with van der Waals surface area (Å²) in [5.41, 5.74) is 3.30. The summed E-state index contributed by atoms with van der Waals surface area (Å²) in [5, 5.41) is 6.36. The van der Waals surface area contributed by atoms with Gasteiger partial charge in [0.2, 0.25) is 5.91 Å². The molecule has 136 valence electrons. The molecule has 1 saturated carbocycles. The van der Waals surface area contributed by atoms with Gasteiger partial charge in [-0.25, -0.2) is 4.98 Å². The van der Waals surface area contributed by atoms with E-state index in [0.29, 0.717) is 18.4 Å². The second kappa shape index (κ2) is 6.50. The van der Waals surface area contributed by atoms with Gasteiger partial charge >= 0.3 is 0 Å². The van der Waals surface area contributed by atoms with E-state index < -0.39 is 0 Å². The number of fused-ring (bicyclic) bond motifs is 1. The molecule has 6 heteroatoms. The molecule has 2 amide bonds. The smallest absolute Gasteiger partial charge is 0.252 e. The highest BCUT2D eigenvalue weighted by Crippen LogP contribution is 2.40. The van der Waals surface area contributed by atoms with Crippen LogP contribution in [0.2, 0.25) is 0 Å². The summed E-state index contributed by atoms with van der Waals surface area (Å²) in [6, 6.07) is 5.64. The number of hydrogen-bond acceptors (Lipinski definition) is 4. The van der Waals surface area contributed by atoms with Gasteiger partial charge < -0.3 is 10.2 Å². The van der Waals surface area contributed by atoms with Crippen molar-refractivity contribution in [2.45, 2.75) is 51.0 Å². The van der Waals surface area contributed by atoms with Crippen LogP contribution in [0, 0.1) is 6.92 Å². The van der Waals surface area contributed by atoms with E-state index in [1.165, 1.54) is 0 Å². The third-order valence-corrected chi connectivity index (χ3v) is 6.69. The third kappa shape index (κ3) is 2.92. The van der Waals surface area contributed by atoms with Gasteiger partial charge in [-0.1, -0.05) is 12.8 Å². The quantitative estimate of drug-likeness (QED) is 0.900. The molecular weight excluding hydrogens is 346 g/mol. The molecular formula is C20H23N3O2S. The topological polar surface area (TPSA) is 62.3 Å². The van der Waals surface area contributed by atoms with Crippen LogP contribution in [0.15, 0.2) is 23.6 Å². The summed E-state index contributed by atoms with van der Waals surface area (Å²) in [4.78, 5) is 31.2. The number of aryl methyl sites for hydroxylation is 2. The summed E-state index contributed by atoms with van der Waals surface area (Å²) >= 11 is 1.64. The van der Waals surface area contributed by atoms with Crippen LogP contribution in [-0.4, -0.2) is 23.8 Å². The van der Waals surface area contributed by atoms with Gasteiger partial charge in [0.15, 0.2) is 0 Å². The van der Waals surface area contributed by atoms with E-state index in [4.69, 9.17) is 0 Å². The van der Waals surface area contributed by atoms with Gasteiger partial charge in [0.1, 0.15) is 5.01 Å². The zero-order valence-corrected chi connectivity index (χ0v) is 16.0. The average Bonchev–Trinajstić information content (AvgIpc) is 3.28. The first kappa shape index (κ1) is 17.2. The lowest BCUT2D eigenvalue weighted by Crippen LogP contribution is -2.44. The van der Waals surface area contributed by atoms with Crippen molar-refractivity contribution >= 4 is 28.8 Å². The van der Waals surface area contributed by atoms with E-state index in [9.17, 15) is 9.59 Å². The van der Waals surface area contributed by atoms with Gasteiger partial charge in [-0.3, -0.25) is 9.59 Å². The lowest BCUT2D eigenvalue weighted by Gasteiger charge is -2.29. The Morgan fingerprint density at radius 1 is 1.27 bits per heavy atom. The maximum Gasteiger partial charge on any atom is 0.252 e. The molecule has 26 heavy (non-hydrogen) atoms. The number of carbonyl (C=O) groups excluding carboxylic acids is 2. The summed E-state index contributed by atoms with van der Waals surface area (Å²) in [5.74, 6) is 0.0702. The largest absolute Gasteiger partial charge is 0.340 e. The van der Waals surface area contributed by atoms with Crippen molar-refractivity contribution in [3.8, 4) is 0 Å². The van der Waals surface area contributed by atoms with E-state index in [2.05, 4.69) is 10.3 Å². The number of thiazole rings is 1. The Bertz CT molecular complexity index is 868. The fourth-order valence-corrected chi connectivity index (χ4v) is 5.04. The molecule has 0 spiro atoms.